The first-order valence-electron chi connectivity index (χ1n) is 10.9. The molecule has 7 nitrogen and oxygen atoms in total. The molecule has 0 radical (unpaired) electrons. The van der Waals surface area contributed by atoms with Crippen LogP contribution in [0.3, 0.4) is 0 Å². The Labute approximate surface area is 204 Å². The third kappa shape index (κ3) is 4.92. The molecular formula is C27H21N3O4S. The van der Waals surface area contributed by atoms with Crippen LogP contribution in [-0.4, -0.2) is 17.1 Å². The Bertz CT molecular complexity index is 1620. The lowest BCUT2D eigenvalue weighted by molar-refractivity contribution is -0.123. The predicted molar refractivity (Wildman–Crippen MR) is 136 cm³/mol. The molecule has 0 spiro atoms. The number of carbonyl (C=O) groups is 1. The van der Waals surface area contributed by atoms with Crippen LogP contribution in [0.4, 0.5) is 0 Å². The summed E-state index contributed by atoms with van der Waals surface area (Å²) in [7, 11) is 1.90. The third-order valence-corrected chi connectivity index (χ3v) is 6.36. The van der Waals surface area contributed by atoms with Gasteiger partial charge in [0.1, 0.15) is 11.3 Å². The van der Waals surface area contributed by atoms with Gasteiger partial charge in [0, 0.05) is 29.9 Å². The van der Waals surface area contributed by atoms with Crippen molar-refractivity contribution in [2.24, 2.45) is 12.1 Å². The molecule has 2 aromatic heterocycles. The van der Waals surface area contributed by atoms with Gasteiger partial charge < -0.3 is 13.7 Å². The van der Waals surface area contributed by atoms with Crippen molar-refractivity contribution < 1.29 is 13.9 Å². The van der Waals surface area contributed by atoms with Crippen LogP contribution in [0, 0.1) is 0 Å². The molecule has 0 aliphatic heterocycles. The van der Waals surface area contributed by atoms with E-state index in [1.54, 1.807) is 12.1 Å². The minimum Gasteiger partial charge on any atom is -0.484 e. The largest absolute Gasteiger partial charge is 0.484 e. The quantitative estimate of drug-likeness (QED) is 0.284. The van der Waals surface area contributed by atoms with Gasteiger partial charge in [-0.05, 0) is 28.8 Å². The number of carbonyl (C=O) groups excluding carboxylic acids is 1. The van der Waals surface area contributed by atoms with Crippen LogP contribution in [0.15, 0.2) is 105 Å². The van der Waals surface area contributed by atoms with Crippen molar-refractivity contribution in [3.05, 3.63) is 106 Å². The molecule has 0 saturated heterocycles. The number of thiazole rings is 1. The standard InChI is InChI=1S/C27H21N3O4S/c1-30-23(19-10-6-3-7-11-19)17-35-27(30)29-28-25(31)16-33-20-12-13-21-22(18-8-4-2-5-9-18)15-26(32)34-24(21)14-20/h2-15,17H,16H2,1H3,(H,28,31)/b29-27-. The fourth-order valence-electron chi connectivity index (χ4n) is 3.72. The summed E-state index contributed by atoms with van der Waals surface area (Å²) in [4.78, 5) is 25.1. The first-order valence-corrected chi connectivity index (χ1v) is 11.7. The van der Waals surface area contributed by atoms with Gasteiger partial charge in [-0.15, -0.1) is 16.4 Å². The van der Waals surface area contributed by atoms with Crippen LogP contribution in [0.25, 0.3) is 33.4 Å². The molecule has 0 bridgehead atoms. The Morgan fingerprint density at radius 3 is 2.46 bits per heavy atom. The number of nitrogens with zero attached hydrogens (tertiary/aromatic N) is 2. The maximum atomic E-state index is 12.3. The zero-order valence-electron chi connectivity index (χ0n) is 18.8. The Morgan fingerprint density at radius 1 is 1.00 bits per heavy atom. The van der Waals surface area contributed by atoms with E-state index in [1.165, 1.54) is 17.4 Å². The second-order valence-corrected chi connectivity index (χ2v) is 8.60. The fourth-order valence-corrected chi connectivity index (χ4v) is 4.59. The van der Waals surface area contributed by atoms with Crippen LogP contribution in [0.2, 0.25) is 0 Å². The monoisotopic (exact) mass is 483 g/mol. The lowest BCUT2D eigenvalue weighted by Gasteiger charge is -2.08. The molecule has 174 valence electrons. The van der Waals surface area contributed by atoms with E-state index in [4.69, 9.17) is 9.15 Å². The van der Waals surface area contributed by atoms with Crippen molar-refractivity contribution in [2.45, 2.75) is 0 Å². The molecule has 0 aliphatic carbocycles. The van der Waals surface area contributed by atoms with Gasteiger partial charge >= 0.3 is 5.63 Å². The van der Waals surface area contributed by atoms with E-state index in [1.807, 2.05) is 83.7 Å². The Balaban J connectivity index is 1.29. The fraction of sp³-hybridized carbons (Fsp3) is 0.0741. The summed E-state index contributed by atoms with van der Waals surface area (Å²) in [6.07, 6.45) is 0. The molecule has 35 heavy (non-hydrogen) atoms. The average molecular weight is 484 g/mol. The summed E-state index contributed by atoms with van der Waals surface area (Å²) >= 11 is 1.43. The van der Waals surface area contributed by atoms with Gasteiger partial charge in [-0.2, -0.15) is 0 Å². The Kier molecular flexibility index (Phi) is 6.28. The molecule has 0 unspecified atom stereocenters. The normalized spacial score (nSPS) is 11.5. The molecule has 5 rings (SSSR count). The number of fused-ring (bicyclic) bond motifs is 1. The van der Waals surface area contributed by atoms with Gasteiger partial charge in [-0.1, -0.05) is 60.7 Å². The van der Waals surface area contributed by atoms with E-state index in [0.717, 1.165) is 27.8 Å². The van der Waals surface area contributed by atoms with Gasteiger partial charge in [0.2, 0.25) is 4.80 Å². The predicted octanol–water partition coefficient (Wildman–Crippen LogP) is 4.54. The maximum absolute atomic E-state index is 12.3. The molecule has 8 heteroatoms. The molecule has 0 fully saturated rings. The summed E-state index contributed by atoms with van der Waals surface area (Å²) in [5, 5.41) is 6.98. The highest BCUT2D eigenvalue weighted by molar-refractivity contribution is 7.07. The average Bonchev–Trinajstić information content (AvgIpc) is 3.26. The van der Waals surface area contributed by atoms with Crippen molar-refractivity contribution >= 4 is 28.2 Å². The molecule has 0 aliphatic rings. The van der Waals surface area contributed by atoms with E-state index in [9.17, 15) is 9.59 Å². The summed E-state index contributed by atoms with van der Waals surface area (Å²) in [6.45, 7) is -0.238. The molecule has 5 aromatic rings. The number of ether oxygens (including phenoxy) is 1. The maximum Gasteiger partial charge on any atom is 0.336 e. The summed E-state index contributed by atoms with van der Waals surface area (Å²) in [6, 6.07) is 26.2. The Hall–Kier alpha value is -4.43. The van der Waals surface area contributed by atoms with E-state index in [2.05, 4.69) is 10.5 Å². The molecule has 2 heterocycles. The van der Waals surface area contributed by atoms with Gasteiger partial charge in [-0.3, -0.25) is 4.79 Å². The number of nitrogens with one attached hydrogen (secondary N) is 1. The van der Waals surface area contributed by atoms with Gasteiger partial charge in [0.05, 0.1) is 5.69 Å². The smallest absolute Gasteiger partial charge is 0.336 e. The minimum absolute atomic E-state index is 0.238. The Morgan fingerprint density at radius 2 is 1.71 bits per heavy atom. The number of hydrogen-bond acceptors (Lipinski definition) is 6. The SMILES string of the molecule is Cn1c(-c2ccccc2)cs/c1=N\NC(=O)COc1ccc2c(-c3ccccc3)cc(=O)oc2c1. The topological polar surface area (TPSA) is 85.8 Å². The second kappa shape index (κ2) is 9.82. The first kappa shape index (κ1) is 22.4. The van der Waals surface area contributed by atoms with Gasteiger partial charge in [0.15, 0.2) is 6.61 Å². The van der Waals surface area contributed by atoms with E-state index >= 15 is 0 Å². The summed E-state index contributed by atoms with van der Waals surface area (Å²) in [5.74, 6) is 0.00769. The zero-order valence-corrected chi connectivity index (χ0v) is 19.6. The van der Waals surface area contributed by atoms with Crippen LogP contribution in [0.1, 0.15) is 0 Å². The molecular weight excluding hydrogens is 462 g/mol. The molecule has 3 aromatic carbocycles. The number of hydrogen-bond donors (Lipinski definition) is 1. The highest BCUT2D eigenvalue weighted by Gasteiger charge is 2.10. The van der Waals surface area contributed by atoms with E-state index < -0.39 is 11.5 Å². The van der Waals surface area contributed by atoms with Crippen LogP contribution in [-0.2, 0) is 11.8 Å². The minimum atomic E-state index is -0.455. The van der Waals surface area contributed by atoms with E-state index in [0.29, 0.717) is 16.1 Å². The van der Waals surface area contributed by atoms with Crippen molar-refractivity contribution in [2.75, 3.05) is 6.61 Å². The van der Waals surface area contributed by atoms with Gasteiger partial charge in [-0.25, -0.2) is 10.2 Å². The van der Waals surface area contributed by atoms with Crippen LogP contribution < -0.4 is 20.6 Å². The molecule has 0 saturated carbocycles. The zero-order chi connectivity index (χ0) is 24.2. The van der Waals surface area contributed by atoms with Crippen molar-refractivity contribution in [1.29, 1.82) is 0 Å². The molecule has 1 amide bonds. The van der Waals surface area contributed by atoms with E-state index in [-0.39, 0.29) is 6.61 Å². The highest BCUT2D eigenvalue weighted by atomic mass is 32.1. The molecule has 0 atom stereocenters. The van der Waals surface area contributed by atoms with Crippen LogP contribution >= 0.6 is 11.3 Å². The summed E-state index contributed by atoms with van der Waals surface area (Å²) < 4.78 is 12.9. The lowest BCUT2D eigenvalue weighted by Crippen LogP contribution is -2.28. The van der Waals surface area contributed by atoms with Crippen molar-refractivity contribution in [3.63, 3.8) is 0 Å². The number of aromatic nitrogens is 1. The number of amides is 1. The number of benzene rings is 3. The van der Waals surface area contributed by atoms with Gasteiger partial charge in [0.25, 0.3) is 5.91 Å². The third-order valence-electron chi connectivity index (χ3n) is 5.44. The highest BCUT2D eigenvalue weighted by Crippen LogP contribution is 2.29. The summed E-state index contributed by atoms with van der Waals surface area (Å²) in [5.41, 5.74) is 6.23. The first-order chi connectivity index (χ1) is 17.1. The van der Waals surface area contributed by atoms with Crippen LogP contribution in [0.5, 0.6) is 5.75 Å². The number of rotatable bonds is 6. The molecule has 1 N–H and O–H groups in total. The van der Waals surface area contributed by atoms with Crippen molar-refractivity contribution in [1.82, 2.24) is 9.99 Å². The second-order valence-electron chi connectivity index (χ2n) is 7.77. The van der Waals surface area contributed by atoms with Crippen molar-refractivity contribution in [3.8, 4) is 28.1 Å². The lowest BCUT2D eigenvalue weighted by atomic mass is 10.0.